The van der Waals surface area contributed by atoms with Crippen molar-refractivity contribution in [3.63, 3.8) is 0 Å². The van der Waals surface area contributed by atoms with Crippen LogP contribution in [0.4, 0.5) is 0 Å². The highest BCUT2D eigenvalue weighted by molar-refractivity contribution is 7.79. The highest BCUT2D eigenvalue weighted by atomic mass is 32.1. The second-order valence-corrected chi connectivity index (χ2v) is 2.91. The van der Waals surface area contributed by atoms with Gasteiger partial charge in [0.15, 0.2) is 0 Å². The molecule has 0 radical (unpaired) electrons. The van der Waals surface area contributed by atoms with E-state index >= 15 is 0 Å². The van der Waals surface area contributed by atoms with Gasteiger partial charge in [-0.15, -0.1) is 0 Å². The average Bonchev–Trinajstić information content (AvgIpc) is 2.67. The van der Waals surface area contributed by atoms with Crippen LogP contribution >= 0.6 is 12.2 Å². The van der Waals surface area contributed by atoms with Gasteiger partial charge in [0.25, 0.3) is 0 Å². The molecule has 0 spiro atoms. The Bertz CT molecular complexity index is 406. The van der Waals surface area contributed by atoms with E-state index in [1.54, 1.807) is 11.6 Å². The Morgan fingerprint density at radius 2 is 2.00 bits per heavy atom. The highest BCUT2D eigenvalue weighted by Crippen LogP contribution is 2.13. The number of aromatic nitrogens is 2. The molecule has 1 aromatic heterocycles. The summed E-state index contributed by atoms with van der Waals surface area (Å²) in [5.74, 6) is 0.858. The van der Waals surface area contributed by atoms with Gasteiger partial charge < -0.3 is 4.98 Å². The van der Waals surface area contributed by atoms with Crippen LogP contribution in [-0.2, 0) is 0 Å². The molecule has 2 nitrogen and oxygen atoms in total. The zero-order valence-corrected chi connectivity index (χ0v) is 7.71. The van der Waals surface area contributed by atoms with Crippen LogP contribution in [0.15, 0.2) is 36.5 Å². The van der Waals surface area contributed by atoms with Gasteiger partial charge in [0.05, 0.1) is 11.9 Å². The van der Waals surface area contributed by atoms with Crippen molar-refractivity contribution in [3.05, 3.63) is 42.2 Å². The molecular formula is C10H8N2S. The zero-order chi connectivity index (χ0) is 9.10. The molecule has 0 saturated carbocycles. The van der Waals surface area contributed by atoms with E-state index in [1.807, 2.05) is 30.3 Å². The van der Waals surface area contributed by atoms with Gasteiger partial charge >= 0.3 is 0 Å². The Morgan fingerprint density at radius 1 is 1.23 bits per heavy atom. The largest absolute Gasteiger partial charge is 0.338 e. The third kappa shape index (κ3) is 1.65. The number of nitrogens with one attached hydrogen (secondary N) is 1. The summed E-state index contributed by atoms with van der Waals surface area (Å²) in [7, 11) is 0. The van der Waals surface area contributed by atoms with Crippen molar-refractivity contribution in [2.24, 2.45) is 0 Å². The van der Waals surface area contributed by atoms with Crippen LogP contribution < -0.4 is 0 Å². The first-order chi connectivity index (χ1) is 6.40. The van der Waals surface area contributed by atoms with Crippen molar-refractivity contribution in [1.29, 1.82) is 0 Å². The van der Waals surface area contributed by atoms with Crippen molar-refractivity contribution < 1.29 is 0 Å². The Balaban J connectivity index is 2.41. The minimum absolute atomic E-state index is 0.858. The lowest BCUT2D eigenvalue weighted by Gasteiger charge is -1.93. The molecule has 0 unspecified atom stereocenters. The Labute approximate surface area is 81.6 Å². The summed E-state index contributed by atoms with van der Waals surface area (Å²) >= 11 is 4.79. The molecule has 0 aliphatic rings. The summed E-state index contributed by atoms with van der Waals surface area (Å²) in [6.45, 7) is 0. The number of nitrogens with zero attached hydrogens (tertiary/aromatic N) is 1. The van der Waals surface area contributed by atoms with Gasteiger partial charge in [-0.05, 0) is 0 Å². The zero-order valence-electron chi connectivity index (χ0n) is 6.90. The molecule has 0 fully saturated rings. The van der Waals surface area contributed by atoms with Crippen LogP contribution in [0.1, 0.15) is 5.69 Å². The van der Waals surface area contributed by atoms with E-state index in [1.165, 1.54) is 0 Å². The quantitative estimate of drug-likeness (QED) is 0.733. The van der Waals surface area contributed by atoms with Gasteiger partial charge in [-0.3, -0.25) is 0 Å². The molecule has 3 heteroatoms. The van der Waals surface area contributed by atoms with Gasteiger partial charge in [0.1, 0.15) is 5.82 Å². The lowest BCUT2D eigenvalue weighted by atomic mass is 10.2. The van der Waals surface area contributed by atoms with Crippen LogP contribution in [0.25, 0.3) is 11.4 Å². The number of hydrogen-bond donors (Lipinski definition) is 1. The van der Waals surface area contributed by atoms with Gasteiger partial charge in [-0.25, -0.2) is 4.98 Å². The smallest absolute Gasteiger partial charge is 0.137 e. The molecule has 64 valence electrons. The Kier molecular flexibility index (Phi) is 2.19. The Morgan fingerprint density at radius 3 is 2.62 bits per heavy atom. The second-order valence-electron chi connectivity index (χ2n) is 2.67. The summed E-state index contributed by atoms with van der Waals surface area (Å²) in [5, 5.41) is 1.58. The first-order valence-corrected chi connectivity index (χ1v) is 4.43. The standard InChI is InChI=1S/C10H8N2S/c13-7-9-6-11-10(12-9)8-4-2-1-3-5-8/h1-7H,(H,11,12). The number of benzene rings is 1. The lowest BCUT2D eigenvalue weighted by Crippen LogP contribution is -1.80. The number of thiocarbonyl (C=S) groups is 1. The lowest BCUT2D eigenvalue weighted by molar-refractivity contribution is 1.31. The van der Waals surface area contributed by atoms with E-state index in [4.69, 9.17) is 12.2 Å². The molecule has 1 N–H and O–H groups in total. The molecule has 0 aliphatic carbocycles. The maximum atomic E-state index is 4.79. The monoisotopic (exact) mass is 188 g/mol. The summed E-state index contributed by atoms with van der Waals surface area (Å²) in [6.07, 6.45) is 1.73. The van der Waals surface area contributed by atoms with Gasteiger partial charge in [-0.2, -0.15) is 0 Å². The predicted octanol–water partition coefficient (Wildman–Crippen LogP) is 2.42. The predicted molar refractivity (Wildman–Crippen MR) is 56.8 cm³/mol. The number of imidazole rings is 1. The van der Waals surface area contributed by atoms with Crippen LogP contribution in [-0.4, -0.2) is 15.3 Å². The fraction of sp³-hybridized carbons (Fsp3) is 0. The van der Waals surface area contributed by atoms with Crippen molar-refractivity contribution in [1.82, 2.24) is 9.97 Å². The first-order valence-electron chi connectivity index (χ1n) is 3.96. The average molecular weight is 188 g/mol. The summed E-state index contributed by atoms with van der Waals surface area (Å²) in [6, 6.07) is 9.95. The van der Waals surface area contributed by atoms with E-state index in [9.17, 15) is 0 Å². The van der Waals surface area contributed by atoms with Crippen molar-refractivity contribution in [2.45, 2.75) is 0 Å². The second kappa shape index (κ2) is 3.49. The Hall–Kier alpha value is -1.48. The molecule has 13 heavy (non-hydrogen) atoms. The summed E-state index contributed by atoms with van der Waals surface area (Å²) in [5.41, 5.74) is 1.94. The minimum Gasteiger partial charge on any atom is -0.338 e. The third-order valence-corrected chi connectivity index (χ3v) is 2.02. The molecule has 1 aromatic carbocycles. The van der Waals surface area contributed by atoms with Crippen LogP contribution in [0.3, 0.4) is 0 Å². The van der Waals surface area contributed by atoms with E-state index in [0.717, 1.165) is 17.1 Å². The SMILES string of the molecule is S=Cc1cnc(-c2ccccc2)[nH]1. The fourth-order valence-electron chi connectivity index (χ4n) is 1.14. The maximum absolute atomic E-state index is 4.79. The van der Waals surface area contributed by atoms with Crippen LogP contribution in [0.2, 0.25) is 0 Å². The minimum atomic E-state index is 0.858. The molecular weight excluding hydrogens is 180 g/mol. The van der Waals surface area contributed by atoms with Crippen LogP contribution in [0.5, 0.6) is 0 Å². The molecule has 0 atom stereocenters. The van der Waals surface area contributed by atoms with E-state index in [-0.39, 0.29) is 0 Å². The molecule has 0 saturated heterocycles. The van der Waals surface area contributed by atoms with Crippen LogP contribution in [0, 0.1) is 0 Å². The number of hydrogen-bond acceptors (Lipinski definition) is 2. The van der Waals surface area contributed by atoms with E-state index in [2.05, 4.69) is 9.97 Å². The topological polar surface area (TPSA) is 28.7 Å². The van der Waals surface area contributed by atoms with Gasteiger partial charge in [0, 0.05) is 10.9 Å². The summed E-state index contributed by atoms with van der Waals surface area (Å²) < 4.78 is 0. The molecule has 0 bridgehead atoms. The number of H-pyrrole nitrogens is 1. The van der Waals surface area contributed by atoms with Crippen molar-refractivity contribution in [3.8, 4) is 11.4 Å². The summed E-state index contributed by atoms with van der Waals surface area (Å²) in [4.78, 5) is 7.31. The fourth-order valence-corrected chi connectivity index (χ4v) is 1.26. The van der Waals surface area contributed by atoms with Gasteiger partial charge in [-0.1, -0.05) is 42.5 Å². The van der Waals surface area contributed by atoms with Crippen molar-refractivity contribution >= 4 is 17.6 Å². The van der Waals surface area contributed by atoms with E-state index < -0.39 is 0 Å². The normalized spacial score (nSPS) is 9.85. The van der Waals surface area contributed by atoms with Gasteiger partial charge in [0.2, 0.25) is 0 Å². The molecule has 1 heterocycles. The third-order valence-electron chi connectivity index (χ3n) is 1.77. The van der Waals surface area contributed by atoms with Crippen molar-refractivity contribution in [2.75, 3.05) is 0 Å². The number of aromatic amines is 1. The molecule has 2 rings (SSSR count). The molecule has 2 aromatic rings. The first kappa shape index (κ1) is 8.13. The molecule has 0 amide bonds. The molecule has 0 aliphatic heterocycles. The number of rotatable bonds is 2. The maximum Gasteiger partial charge on any atom is 0.137 e. The highest BCUT2D eigenvalue weighted by Gasteiger charge is 1.99. The van der Waals surface area contributed by atoms with E-state index in [0.29, 0.717) is 0 Å².